The van der Waals surface area contributed by atoms with Crippen LogP contribution in [0.5, 0.6) is 5.75 Å². The van der Waals surface area contributed by atoms with Crippen LogP contribution in [0.3, 0.4) is 0 Å². The molecule has 1 amide bonds. The van der Waals surface area contributed by atoms with Crippen molar-refractivity contribution in [3.8, 4) is 5.75 Å². The Morgan fingerprint density at radius 1 is 1.07 bits per heavy atom. The molecule has 3 aromatic carbocycles. The van der Waals surface area contributed by atoms with Crippen molar-refractivity contribution in [2.24, 2.45) is 5.10 Å². The molecule has 7 nitrogen and oxygen atoms in total. The third-order valence-electron chi connectivity index (χ3n) is 4.23. The molecule has 1 atom stereocenters. The first-order valence-corrected chi connectivity index (χ1v) is 8.68. The molecule has 0 aliphatic heterocycles. The lowest BCUT2D eigenvalue weighted by Crippen LogP contribution is -2.33. The number of ether oxygens (including phenoxy) is 1. The van der Waals surface area contributed by atoms with Gasteiger partial charge in [-0.15, -0.1) is 0 Å². The van der Waals surface area contributed by atoms with E-state index in [4.69, 9.17) is 4.74 Å². The number of rotatable bonds is 6. The SMILES string of the molecule is C/C(=N\NC(=O)[C@@H](C)Oc1ccc2ccccc2c1)c1ccc([N+](=O)[O-])cc1. The number of nitrogens with zero attached hydrogens (tertiary/aromatic N) is 2. The number of benzene rings is 3. The Kier molecular flexibility index (Phi) is 5.64. The largest absolute Gasteiger partial charge is 0.481 e. The van der Waals surface area contributed by atoms with E-state index in [0.717, 1.165) is 10.8 Å². The smallest absolute Gasteiger partial charge is 0.280 e. The van der Waals surface area contributed by atoms with Crippen LogP contribution in [0.4, 0.5) is 5.69 Å². The molecule has 28 heavy (non-hydrogen) atoms. The highest BCUT2D eigenvalue weighted by Crippen LogP contribution is 2.21. The zero-order valence-corrected chi connectivity index (χ0v) is 15.5. The van der Waals surface area contributed by atoms with E-state index in [0.29, 0.717) is 17.0 Å². The van der Waals surface area contributed by atoms with Crippen LogP contribution in [-0.2, 0) is 4.79 Å². The van der Waals surface area contributed by atoms with Crippen LogP contribution in [0, 0.1) is 10.1 Å². The molecule has 0 saturated carbocycles. The molecular formula is C21H19N3O4. The molecule has 0 aliphatic rings. The number of carbonyl (C=O) groups excluding carboxylic acids is 1. The van der Waals surface area contributed by atoms with Gasteiger partial charge < -0.3 is 4.74 Å². The van der Waals surface area contributed by atoms with Gasteiger partial charge in [0, 0.05) is 12.1 Å². The third kappa shape index (κ3) is 4.50. The highest BCUT2D eigenvalue weighted by molar-refractivity contribution is 5.99. The van der Waals surface area contributed by atoms with Gasteiger partial charge in [-0.2, -0.15) is 5.10 Å². The monoisotopic (exact) mass is 377 g/mol. The summed E-state index contributed by atoms with van der Waals surface area (Å²) in [6.45, 7) is 3.34. The van der Waals surface area contributed by atoms with Crippen LogP contribution >= 0.6 is 0 Å². The van der Waals surface area contributed by atoms with Crippen molar-refractivity contribution in [2.45, 2.75) is 20.0 Å². The molecule has 0 radical (unpaired) electrons. The van der Waals surface area contributed by atoms with Crippen molar-refractivity contribution in [3.05, 3.63) is 82.4 Å². The van der Waals surface area contributed by atoms with Crippen LogP contribution in [0.1, 0.15) is 19.4 Å². The lowest BCUT2D eigenvalue weighted by molar-refractivity contribution is -0.384. The molecule has 0 bridgehead atoms. The normalized spacial score (nSPS) is 12.4. The second-order valence-corrected chi connectivity index (χ2v) is 6.25. The minimum atomic E-state index is -0.741. The van der Waals surface area contributed by atoms with Crippen molar-refractivity contribution in [3.63, 3.8) is 0 Å². The summed E-state index contributed by atoms with van der Waals surface area (Å²) in [5.74, 6) is 0.201. The molecular weight excluding hydrogens is 358 g/mol. The van der Waals surface area contributed by atoms with E-state index >= 15 is 0 Å². The topological polar surface area (TPSA) is 93.8 Å². The van der Waals surface area contributed by atoms with Gasteiger partial charge in [0.15, 0.2) is 6.10 Å². The van der Waals surface area contributed by atoms with Crippen molar-refractivity contribution >= 4 is 28.1 Å². The second kappa shape index (κ2) is 8.30. The molecule has 1 N–H and O–H groups in total. The minimum Gasteiger partial charge on any atom is -0.481 e. The Morgan fingerprint density at radius 3 is 2.43 bits per heavy atom. The van der Waals surface area contributed by atoms with Gasteiger partial charge in [-0.3, -0.25) is 14.9 Å². The lowest BCUT2D eigenvalue weighted by atomic mass is 10.1. The Morgan fingerprint density at radius 2 is 1.75 bits per heavy atom. The number of hydrogen-bond donors (Lipinski definition) is 1. The van der Waals surface area contributed by atoms with E-state index in [2.05, 4.69) is 10.5 Å². The van der Waals surface area contributed by atoms with Crippen LogP contribution in [0.15, 0.2) is 71.8 Å². The summed E-state index contributed by atoms with van der Waals surface area (Å²) in [6, 6.07) is 19.5. The highest BCUT2D eigenvalue weighted by Gasteiger charge is 2.14. The quantitative estimate of drug-likeness (QED) is 0.398. The predicted octanol–water partition coefficient (Wildman–Crippen LogP) is 4.06. The van der Waals surface area contributed by atoms with Gasteiger partial charge in [-0.05, 0) is 54.4 Å². The standard InChI is InChI=1S/C21H19N3O4/c1-14(16-7-10-19(11-8-16)24(26)27)22-23-21(25)15(2)28-20-12-9-17-5-3-4-6-18(17)13-20/h3-13,15H,1-2H3,(H,23,25)/b22-14+/t15-/m1/s1. The van der Waals surface area contributed by atoms with E-state index in [9.17, 15) is 14.9 Å². The zero-order chi connectivity index (χ0) is 20.1. The van der Waals surface area contributed by atoms with E-state index < -0.39 is 16.9 Å². The van der Waals surface area contributed by atoms with Gasteiger partial charge in [0.1, 0.15) is 5.75 Å². The summed E-state index contributed by atoms with van der Waals surface area (Å²) in [5, 5.41) is 16.9. The molecule has 7 heteroatoms. The number of hydrogen-bond acceptors (Lipinski definition) is 5. The van der Waals surface area contributed by atoms with Crippen molar-refractivity contribution in [1.29, 1.82) is 0 Å². The highest BCUT2D eigenvalue weighted by atomic mass is 16.6. The molecule has 0 heterocycles. The molecule has 0 aliphatic carbocycles. The van der Waals surface area contributed by atoms with Crippen molar-refractivity contribution < 1.29 is 14.5 Å². The number of nitro benzene ring substituents is 1. The fourth-order valence-corrected chi connectivity index (χ4v) is 2.62. The molecule has 0 aromatic heterocycles. The summed E-state index contributed by atoms with van der Waals surface area (Å²) in [7, 11) is 0. The van der Waals surface area contributed by atoms with Gasteiger partial charge in [-0.1, -0.05) is 30.3 Å². The van der Waals surface area contributed by atoms with E-state index in [-0.39, 0.29) is 5.69 Å². The Labute approximate surface area is 161 Å². The molecule has 3 rings (SSSR count). The van der Waals surface area contributed by atoms with Gasteiger partial charge in [-0.25, -0.2) is 5.43 Å². The van der Waals surface area contributed by atoms with E-state index in [1.807, 2.05) is 42.5 Å². The van der Waals surface area contributed by atoms with Crippen molar-refractivity contribution in [1.82, 2.24) is 5.43 Å². The van der Waals surface area contributed by atoms with E-state index in [1.54, 1.807) is 26.0 Å². The van der Waals surface area contributed by atoms with E-state index in [1.165, 1.54) is 12.1 Å². The zero-order valence-electron chi connectivity index (χ0n) is 15.5. The summed E-state index contributed by atoms with van der Waals surface area (Å²) in [6.07, 6.45) is -0.741. The summed E-state index contributed by atoms with van der Waals surface area (Å²) >= 11 is 0. The number of fused-ring (bicyclic) bond motifs is 1. The number of carbonyl (C=O) groups is 1. The first kappa shape index (κ1) is 19.0. The Bertz CT molecular complexity index is 1040. The number of nitrogens with one attached hydrogen (secondary N) is 1. The molecule has 0 spiro atoms. The Balaban J connectivity index is 1.62. The maximum Gasteiger partial charge on any atom is 0.280 e. The first-order chi connectivity index (χ1) is 13.4. The molecule has 3 aromatic rings. The van der Waals surface area contributed by atoms with Gasteiger partial charge >= 0.3 is 0 Å². The first-order valence-electron chi connectivity index (χ1n) is 8.68. The maximum atomic E-state index is 12.3. The van der Waals surface area contributed by atoms with Crippen LogP contribution in [-0.4, -0.2) is 22.6 Å². The molecule has 0 fully saturated rings. The average Bonchev–Trinajstić information content (AvgIpc) is 2.71. The fourth-order valence-electron chi connectivity index (χ4n) is 2.62. The van der Waals surface area contributed by atoms with Gasteiger partial charge in [0.25, 0.3) is 11.6 Å². The van der Waals surface area contributed by atoms with Crippen LogP contribution in [0.2, 0.25) is 0 Å². The lowest BCUT2D eigenvalue weighted by Gasteiger charge is -2.14. The summed E-state index contributed by atoms with van der Waals surface area (Å²) in [5.41, 5.74) is 3.67. The van der Waals surface area contributed by atoms with Gasteiger partial charge in [0.05, 0.1) is 10.6 Å². The average molecular weight is 377 g/mol. The Hall–Kier alpha value is -3.74. The molecule has 142 valence electrons. The summed E-state index contributed by atoms with van der Waals surface area (Å²) < 4.78 is 5.71. The number of hydrazone groups is 1. The van der Waals surface area contributed by atoms with Crippen LogP contribution < -0.4 is 10.2 Å². The number of amides is 1. The second-order valence-electron chi connectivity index (χ2n) is 6.25. The van der Waals surface area contributed by atoms with Crippen molar-refractivity contribution in [2.75, 3.05) is 0 Å². The molecule has 0 saturated heterocycles. The minimum absolute atomic E-state index is 0.00186. The predicted molar refractivity (Wildman–Crippen MR) is 107 cm³/mol. The fraction of sp³-hybridized carbons (Fsp3) is 0.143. The van der Waals surface area contributed by atoms with Crippen LogP contribution in [0.25, 0.3) is 10.8 Å². The number of nitro groups is 1. The molecule has 0 unspecified atom stereocenters. The maximum absolute atomic E-state index is 12.3. The summed E-state index contributed by atoms with van der Waals surface area (Å²) in [4.78, 5) is 22.5. The number of non-ortho nitro benzene ring substituents is 1. The van der Waals surface area contributed by atoms with Gasteiger partial charge in [0.2, 0.25) is 0 Å². The third-order valence-corrected chi connectivity index (χ3v) is 4.23.